The van der Waals surface area contributed by atoms with E-state index >= 15 is 0 Å². The van der Waals surface area contributed by atoms with E-state index in [1.807, 2.05) is 11.3 Å². The first-order chi connectivity index (χ1) is 7.78. The molecule has 1 atom stereocenters. The Labute approximate surface area is 101 Å². The number of thiophene rings is 1. The number of nitrogens with two attached hydrogens (primary N) is 1. The molecule has 4 heteroatoms. The zero-order valence-corrected chi connectivity index (χ0v) is 10.6. The number of likely N-dealkylation sites (N-methyl/N-ethyl adjacent to an activating group) is 1. The Hall–Kier alpha value is -0.420. The topological polar surface area (TPSA) is 38.5 Å². The van der Waals surface area contributed by atoms with E-state index in [1.54, 1.807) is 0 Å². The number of rotatable bonds is 5. The van der Waals surface area contributed by atoms with Gasteiger partial charge < -0.3 is 10.5 Å². The first kappa shape index (κ1) is 12.0. The Morgan fingerprint density at radius 1 is 1.50 bits per heavy atom. The molecular formula is C12H20N2OS. The normalized spacial score (nSPS) is 20.8. The van der Waals surface area contributed by atoms with Gasteiger partial charge in [-0.25, -0.2) is 0 Å². The lowest BCUT2D eigenvalue weighted by atomic mass is 10.2. The molecule has 16 heavy (non-hydrogen) atoms. The second-order valence-corrected chi connectivity index (χ2v) is 5.66. The van der Waals surface area contributed by atoms with E-state index in [0.29, 0.717) is 12.6 Å². The second kappa shape index (κ2) is 5.77. The van der Waals surface area contributed by atoms with Crippen molar-refractivity contribution in [2.24, 2.45) is 5.73 Å². The third-order valence-electron chi connectivity index (χ3n) is 2.88. The van der Waals surface area contributed by atoms with Gasteiger partial charge in [0.2, 0.25) is 0 Å². The average Bonchev–Trinajstić information content (AvgIpc) is 2.89. The van der Waals surface area contributed by atoms with Crippen LogP contribution in [-0.2, 0) is 17.8 Å². The molecule has 0 aromatic carbocycles. The van der Waals surface area contributed by atoms with Crippen LogP contribution < -0.4 is 5.73 Å². The highest BCUT2D eigenvalue weighted by atomic mass is 32.1. The molecule has 1 aliphatic heterocycles. The van der Waals surface area contributed by atoms with E-state index < -0.39 is 0 Å². The smallest absolute Gasteiger partial charge is 0.0702 e. The molecule has 2 rings (SSSR count). The summed E-state index contributed by atoms with van der Waals surface area (Å²) in [7, 11) is 2.16. The van der Waals surface area contributed by atoms with E-state index in [-0.39, 0.29) is 0 Å². The monoisotopic (exact) mass is 240 g/mol. The van der Waals surface area contributed by atoms with Crippen LogP contribution in [0.5, 0.6) is 0 Å². The molecule has 1 aromatic rings. The van der Waals surface area contributed by atoms with E-state index in [4.69, 9.17) is 10.5 Å². The number of hydrogen-bond donors (Lipinski definition) is 1. The molecule has 0 bridgehead atoms. The van der Waals surface area contributed by atoms with Crippen LogP contribution in [0.25, 0.3) is 0 Å². The van der Waals surface area contributed by atoms with E-state index in [0.717, 1.165) is 19.7 Å². The summed E-state index contributed by atoms with van der Waals surface area (Å²) in [6.45, 7) is 3.63. The quantitative estimate of drug-likeness (QED) is 0.853. The molecule has 0 saturated carbocycles. The fourth-order valence-electron chi connectivity index (χ4n) is 2.08. The van der Waals surface area contributed by atoms with Gasteiger partial charge in [0.15, 0.2) is 0 Å². The first-order valence-corrected chi connectivity index (χ1v) is 6.67. The molecule has 0 amide bonds. The molecule has 2 N–H and O–H groups in total. The highest BCUT2D eigenvalue weighted by molar-refractivity contribution is 7.11. The van der Waals surface area contributed by atoms with Gasteiger partial charge in [0.25, 0.3) is 0 Å². The third-order valence-corrected chi connectivity index (χ3v) is 3.98. The summed E-state index contributed by atoms with van der Waals surface area (Å²) in [4.78, 5) is 4.99. The molecule has 3 nitrogen and oxygen atoms in total. The van der Waals surface area contributed by atoms with Gasteiger partial charge in [0.05, 0.1) is 6.10 Å². The Balaban J connectivity index is 1.79. The molecule has 1 fully saturated rings. The lowest BCUT2D eigenvalue weighted by molar-refractivity contribution is 0.0796. The van der Waals surface area contributed by atoms with Crippen LogP contribution in [0.4, 0.5) is 0 Å². The van der Waals surface area contributed by atoms with E-state index in [2.05, 4.69) is 24.1 Å². The van der Waals surface area contributed by atoms with Crippen molar-refractivity contribution in [1.82, 2.24) is 4.90 Å². The standard InChI is InChI=1S/C12H20N2OS/c1-14(8-10-3-2-6-15-10)9-12-5-4-11(7-13)16-12/h4-5,10H,2-3,6-9,13H2,1H3. The van der Waals surface area contributed by atoms with Crippen molar-refractivity contribution in [3.63, 3.8) is 0 Å². The molecule has 0 aliphatic carbocycles. The van der Waals surface area contributed by atoms with Gasteiger partial charge in [0, 0.05) is 36.0 Å². The van der Waals surface area contributed by atoms with Crippen LogP contribution in [0.2, 0.25) is 0 Å². The van der Waals surface area contributed by atoms with Gasteiger partial charge >= 0.3 is 0 Å². The molecular weight excluding hydrogens is 220 g/mol. The molecule has 1 saturated heterocycles. The van der Waals surface area contributed by atoms with Crippen LogP contribution in [-0.4, -0.2) is 31.2 Å². The molecule has 90 valence electrons. The van der Waals surface area contributed by atoms with Crippen LogP contribution in [0.1, 0.15) is 22.6 Å². The van der Waals surface area contributed by atoms with Gasteiger partial charge in [-0.05, 0) is 32.0 Å². The zero-order valence-electron chi connectivity index (χ0n) is 9.82. The minimum Gasteiger partial charge on any atom is -0.377 e. The fraction of sp³-hybridized carbons (Fsp3) is 0.667. The van der Waals surface area contributed by atoms with Crippen LogP contribution in [0.15, 0.2) is 12.1 Å². The van der Waals surface area contributed by atoms with Gasteiger partial charge in [-0.2, -0.15) is 0 Å². The van der Waals surface area contributed by atoms with Crippen molar-refractivity contribution in [1.29, 1.82) is 0 Å². The predicted octanol–water partition coefficient (Wildman–Crippen LogP) is 1.82. The lowest BCUT2D eigenvalue weighted by Crippen LogP contribution is -2.27. The summed E-state index contributed by atoms with van der Waals surface area (Å²) < 4.78 is 5.63. The minimum absolute atomic E-state index is 0.443. The van der Waals surface area contributed by atoms with Crippen LogP contribution in [0, 0.1) is 0 Å². The van der Waals surface area contributed by atoms with Crippen LogP contribution in [0.3, 0.4) is 0 Å². The first-order valence-electron chi connectivity index (χ1n) is 5.85. The maximum atomic E-state index is 5.63. The summed E-state index contributed by atoms with van der Waals surface area (Å²) in [6.07, 6.45) is 2.87. The highest BCUT2D eigenvalue weighted by Gasteiger charge is 2.17. The molecule has 0 radical (unpaired) electrons. The Morgan fingerprint density at radius 2 is 2.31 bits per heavy atom. The van der Waals surface area contributed by atoms with Crippen molar-refractivity contribution < 1.29 is 4.74 Å². The Bertz CT molecular complexity index is 321. The van der Waals surface area contributed by atoms with E-state index in [9.17, 15) is 0 Å². The number of ether oxygens (including phenoxy) is 1. The molecule has 1 unspecified atom stereocenters. The number of hydrogen-bond acceptors (Lipinski definition) is 4. The summed E-state index contributed by atoms with van der Waals surface area (Å²) >= 11 is 1.81. The summed E-state index contributed by atoms with van der Waals surface area (Å²) in [5.41, 5.74) is 5.60. The minimum atomic E-state index is 0.443. The maximum absolute atomic E-state index is 5.63. The van der Waals surface area contributed by atoms with Gasteiger partial charge in [0.1, 0.15) is 0 Å². The summed E-state index contributed by atoms with van der Waals surface area (Å²) in [6, 6.07) is 4.30. The van der Waals surface area contributed by atoms with Gasteiger partial charge in [-0.1, -0.05) is 0 Å². The van der Waals surface area contributed by atoms with Crippen molar-refractivity contribution in [2.45, 2.75) is 32.0 Å². The molecule has 1 aromatic heterocycles. The maximum Gasteiger partial charge on any atom is 0.0702 e. The molecule has 2 heterocycles. The van der Waals surface area contributed by atoms with Crippen molar-refractivity contribution >= 4 is 11.3 Å². The van der Waals surface area contributed by atoms with E-state index in [1.165, 1.54) is 22.6 Å². The second-order valence-electron chi connectivity index (χ2n) is 4.40. The van der Waals surface area contributed by atoms with Gasteiger partial charge in [-0.15, -0.1) is 11.3 Å². The summed E-state index contributed by atoms with van der Waals surface area (Å²) in [5, 5.41) is 0. The predicted molar refractivity (Wildman–Crippen MR) is 67.5 cm³/mol. The Morgan fingerprint density at radius 3 is 2.94 bits per heavy atom. The van der Waals surface area contributed by atoms with Gasteiger partial charge in [-0.3, -0.25) is 4.90 Å². The average molecular weight is 240 g/mol. The van der Waals surface area contributed by atoms with Crippen LogP contribution >= 0.6 is 11.3 Å². The zero-order chi connectivity index (χ0) is 11.4. The highest BCUT2D eigenvalue weighted by Crippen LogP contribution is 2.19. The third kappa shape index (κ3) is 3.28. The largest absolute Gasteiger partial charge is 0.377 e. The fourth-order valence-corrected chi connectivity index (χ4v) is 3.06. The number of nitrogens with zero attached hydrogens (tertiary/aromatic N) is 1. The molecule has 0 spiro atoms. The SMILES string of the molecule is CN(Cc1ccc(CN)s1)CC1CCCO1. The van der Waals surface area contributed by atoms with Crippen molar-refractivity contribution in [3.8, 4) is 0 Å². The summed E-state index contributed by atoms with van der Waals surface area (Å²) in [5.74, 6) is 0. The van der Waals surface area contributed by atoms with Crippen molar-refractivity contribution in [3.05, 3.63) is 21.9 Å². The lowest BCUT2D eigenvalue weighted by Gasteiger charge is -2.19. The molecule has 1 aliphatic rings. The van der Waals surface area contributed by atoms with Crippen molar-refractivity contribution in [2.75, 3.05) is 20.2 Å². The Kier molecular flexibility index (Phi) is 4.35.